The molecule has 2 unspecified atom stereocenters. The Labute approximate surface area is 99.9 Å². The molecule has 2 heterocycles. The van der Waals surface area contributed by atoms with Crippen molar-refractivity contribution in [1.82, 2.24) is 9.03 Å². The quantitative estimate of drug-likeness (QED) is 0.706. The Balaban J connectivity index is 2.15. The van der Waals surface area contributed by atoms with Gasteiger partial charge in [0.2, 0.25) is 0 Å². The van der Waals surface area contributed by atoms with Crippen molar-refractivity contribution in [3.8, 4) is 0 Å². The van der Waals surface area contributed by atoms with Crippen LogP contribution in [-0.4, -0.2) is 49.2 Å². The zero-order chi connectivity index (χ0) is 12.6. The van der Waals surface area contributed by atoms with E-state index in [1.54, 1.807) is 0 Å². The molecule has 0 radical (unpaired) electrons. The molecule has 2 aliphatic rings. The molecule has 0 aliphatic carbocycles. The molecule has 2 saturated heterocycles. The maximum Gasteiger partial charge on any atom is 0.421 e. The molecular weight excluding hydrogens is 248 g/mol. The zero-order valence-electron chi connectivity index (χ0n) is 9.50. The minimum Gasteiger partial charge on any atom is -0.452 e. The van der Waals surface area contributed by atoms with Gasteiger partial charge in [0.05, 0.1) is 13.2 Å². The van der Waals surface area contributed by atoms with Crippen molar-refractivity contribution < 1.29 is 23.1 Å². The summed E-state index contributed by atoms with van der Waals surface area (Å²) >= 11 is 0. The fourth-order valence-electron chi connectivity index (χ4n) is 2.70. The van der Waals surface area contributed by atoms with Gasteiger partial charge >= 0.3 is 16.3 Å². The van der Waals surface area contributed by atoms with E-state index in [1.807, 2.05) is 4.72 Å². The van der Waals surface area contributed by atoms with E-state index in [1.165, 1.54) is 4.31 Å². The zero-order valence-corrected chi connectivity index (χ0v) is 10.3. The lowest BCUT2D eigenvalue weighted by Gasteiger charge is -2.35. The normalized spacial score (nSPS) is 33.4. The van der Waals surface area contributed by atoms with Crippen molar-refractivity contribution in [2.45, 2.75) is 43.9 Å². The van der Waals surface area contributed by atoms with Crippen molar-refractivity contribution in [2.75, 3.05) is 7.11 Å². The molecule has 7 nitrogen and oxygen atoms in total. The second-order valence-corrected chi connectivity index (χ2v) is 6.01. The summed E-state index contributed by atoms with van der Waals surface area (Å²) in [6.45, 7) is 0. The fraction of sp³-hybridized carbons (Fsp3) is 0.889. The Bertz CT molecular complexity index is 396. The van der Waals surface area contributed by atoms with Crippen LogP contribution in [-0.2, 0) is 14.9 Å². The van der Waals surface area contributed by atoms with Crippen LogP contribution in [0.2, 0.25) is 0 Å². The van der Waals surface area contributed by atoms with Crippen molar-refractivity contribution >= 4 is 16.3 Å². The number of nitrogens with zero attached hydrogens (tertiary/aromatic N) is 1. The number of amides is 1. The Morgan fingerprint density at radius 2 is 1.88 bits per heavy atom. The number of nitrogens with one attached hydrogen (secondary N) is 1. The summed E-state index contributed by atoms with van der Waals surface area (Å²) in [7, 11) is -2.75. The van der Waals surface area contributed by atoms with E-state index in [0.29, 0.717) is 12.8 Å². The van der Waals surface area contributed by atoms with E-state index in [9.17, 15) is 18.3 Å². The first-order valence-electron chi connectivity index (χ1n) is 5.51. The summed E-state index contributed by atoms with van der Waals surface area (Å²) in [4.78, 5) is 11.0. The predicted octanol–water partition coefficient (Wildman–Crippen LogP) is -0.425. The Hall–Kier alpha value is -0.860. The van der Waals surface area contributed by atoms with Crippen LogP contribution in [0, 0.1) is 0 Å². The molecule has 2 atom stereocenters. The smallest absolute Gasteiger partial charge is 0.421 e. The molecule has 0 saturated carbocycles. The van der Waals surface area contributed by atoms with Crippen LogP contribution in [0.4, 0.5) is 4.79 Å². The molecule has 2 bridgehead atoms. The minimum atomic E-state index is -3.86. The molecule has 8 heteroatoms. The van der Waals surface area contributed by atoms with Crippen molar-refractivity contribution in [1.29, 1.82) is 0 Å². The van der Waals surface area contributed by atoms with Crippen LogP contribution in [0.1, 0.15) is 25.7 Å². The number of methoxy groups -OCH3 is 1. The molecule has 0 aromatic heterocycles. The number of ether oxygens (including phenoxy) is 1. The van der Waals surface area contributed by atoms with Gasteiger partial charge in [-0.2, -0.15) is 12.7 Å². The average Bonchev–Trinajstić information content (AvgIpc) is 2.52. The first-order valence-corrected chi connectivity index (χ1v) is 6.95. The lowest BCUT2D eigenvalue weighted by molar-refractivity contribution is 0.0762. The molecule has 0 aromatic carbocycles. The number of aliphatic hydroxyl groups is 1. The SMILES string of the molecule is COC(=O)NS(=O)(=O)N1C2CCC1CC(O)C2. The number of carbonyl (C=O) groups is 1. The highest BCUT2D eigenvalue weighted by molar-refractivity contribution is 7.87. The van der Waals surface area contributed by atoms with Crippen LogP contribution in [0.25, 0.3) is 0 Å². The molecule has 0 spiro atoms. The molecule has 2 N–H and O–H groups in total. The number of fused-ring (bicyclic) bond motifs is 2. The number of rotatable bonds is 2. The lowest BCUT2D eigenvalue weighted by Crippen LogP contribution is -2.53. The van der Waals surface area contributed by atoms with Crippen LogP contribution in [0.5, 0.6) is 0 Å². The summed E-state index contributed by atoms with van der Waals surface area (Å²) in [5, 5.41) is 9.57. The van der Waals surface area contributed by atoms with Gasteiger partial charge in [0.1, 0.15) is 0 Å². The van der Waals surface area contributed by atoms with E-state index in [0.717, 1.165) is 20.0 Å². The lowest BCUT2D eigenvalue weighted by atomic mass is 10.0. The molecular formula is C9H16N2O5S. The predicted molar refractivity (Wildman–Crippen MR) is 58.4 cm³/mol. The van der Waals surface area contributed by atoms with E-state index in [2.05, 4.69) is 4.74 Å². The molecule has 1 amide bonds. The molecule has 2 fully saturated rings. The highest BCUT2D eigenvalue weighted by Gasteiger charge is 2.46. The fourth-order valence-corrected chi connectivity index (χ4v) is 4.26. The van der Waals surface area contributed by atoms with Crippen molar-refractivity contribution in [2.24, 2.45) is 0 Å². The van der Waals surface area contributed by atoms with E-state index in [-0.39, 0.29) is 12.1 Å². The Morgan fingerprint density at radius 1 is 1.35 bits per heavy atom. The molecule has 17 heavy (non-hydrogen) atoms. The number of piperidine rings is 1. The van der Waals surface area contributed by atoms with Gasteiger partial charge in [0, 0.05) is 12.1 Å². The number of hydrogen-bond donors (Lipinski definition) is 2. The topological polar surface area (TPSA) is 95.9 Å². The first kappa shape index (κ1) is 12.6. The summed E-state index contributed by atoms with van der Waals surface area (Å²) in [6, 6.07) is -0.434. The highest BCUT2D eigenvalue weighted by atomic mass is 32.2. The van der Waals surface area contributed by atoms with Gasteiger partial charge in [-0.05, 0) is 25.7 Å². The Morgan fingerprint density at radius 3 is 2.35 bits per heavy atom. The van der Waals surface area contributed by atoms with Crippen LogP contribution < -0.4 is 4.72 Å². The van der Waals surface area contributed by atoms with E-state index in [4.69, 9.17) is 0 Å². The average molecular weight is 264 g/mol. The third kappa shape index (κ3) is 2.38. The standard InChI is InChI=1S/C9H16N2O5S/c1-16-9(13)10-17(14,15)11-6-2-3-7(11)5-8(12)4-6/h6-8,12H,2-5H2,1H3,(H,10,13). The van der Waals surface area contributed by atoms with Crippen molar-refractivity contribution in [3.05, 3.63) is 0 Å². The summed E-state index contributed by atoms with van der Waals surface area (Å²) in [5.41, 5.74) is 0. The molecule has 0 aromatic rings. The number of carbonyl (C=O) groups excluding carboxylic acids is 1. The molecule has 2 aliphatic heterocycles. The number of hydrogen-bond acceptors (Lipinski definition) is 5. The molecule has 98 valence electrons. The third-order valence-electron chi connectivity index (χ3n) is 3.32. The maximum atomic E-state index is 12.0. The van der Waals surface area contributed by atoms with Gasteiger partial charge in [-0.1, -0.05) is 0 Å². The maximum absolute atomic E-state index is 12.0. The molecule has 2 rings (SSSR count). The number of aliphatic hydroxyl groups excluding tert-OH is 1. The van der Waals surface area contributed by atoms with Gasteiger partial charge in [0.15, 0.2) is 0 Å². The van der Waals surface area contributed by atoms with Gasteiger partial charge in [-0.25, -0.2) is 9.52 Å². The summed E-state index contributed by atoms with van der Waals surface area (Å²) in [5.74, 6) is 0. The van der Waals surface area contributed by atoms with E-state index >= 15 is 0 Å². The van der Waals surface area contributed by atoms with Gasteiger partial charge in [0.25, 0.3) is 0 Å². The van der Waals surface area contributed by atoms with Gasteiger partial charge in [-0.3, -0.25) is 0 Å². The first-order chi connectivity index (χ1) is 7.94. The largest absolute Gasteiger partial charge is 0.452 e. The van der Waals surface area contributed by atoms with Gasteiger partial charge in [-0.15, -0.1) is 0 Å². The minimum absolute atomic E-state index is 0.217. The summed E-state index contributed by atoms with van der Waals surface area (Å²) < 4.78 is 31.3. The second-order valence-electron chi connectivity index (χ2n) is 4.44. The Kier molecular flexibility index (Phi) is 3.28. The van der Waals surface area contributed by atoms with E-state index < -0.39 is 22.4 Å². The second kappa shape index (κ2) is 4.43. The van der Waals surface area contributed by atoms with Gasteiger partial charge < -0.3 is 9.84 Å². The highest BCUT2D eigenvalue weighted by Crippen LogP contribution is 2.37. The van der Waals surface area contributed by atoms with Crippen molar-refractivity contribution in [3.63, 3.8) is 0 Å². The van der Waals surface area contributed by atoms with Crippen LogP contribution in [0.3, 0.4) is 0 Å². The monoisotopic (exact) mass is 264 g/mol. The summed E-state index contributed by atoms with van der Waals surface area (Å²) in [6.07, 6.45) is 0.873. The third-order valence-corrected chi connectivity index (χ3v) is 4.89. The van der Waals surface area contributed by atoms with Crippen LogP contribution >= 0.6 is 0 Å². The van der Waals surface area contributed by atoms with Crippen LogP contribution in [0.15, 0.2) is 0 Å².